The highest BCUT2D eigenvalue weighted by Gasteiger charge is 2.50. The third kappa shape index (κ3) is 6.56. The fraction of sp³-hybridized carbons (Fsp3) is 0.310. The number of nitrogens with zero attached hydrogens (tertiary/aromatic N) is 3. The highest BCUT2D eigenvalue weighted by molar-refractivity contribution is 7.00. The van der Waals surface area contributed by atoms with E-state index < -0.39 is 6.85 Å². The lowest BCUT2D eigenvalue weighted by Crippen LogP contribution is -2.62. The van der Waals surface area contributed by atoms with Crippen LogP contribution in [-0.4, -0.2) is 11.3 Å². The summed E-state index contributed by atoms with van der Waals surface area (Å²) < 4.78 is 34.6. The maximum absolute atomic E-state index is 8.27. The van der Waals surface area contributed by atoms with Crippen LogP contribution in [-0.2, 0) is 21.7 Å². The number of benzene rings is 6. The third-order valence-electron chi connectivity index (χ3n) is 13.5. The molecule has 5 heteroatoms. The second-order valence-corrected chi connectivity index (χ2v) is 22.3. The summed E-state index contributed by atoms with van der Waals surface area (Å²) in [6, 6.07) is 44.1. The Morgan fingerprint density at radius 1 is 0.476 bits per heavy atom. The molecule has 2 aromatic heterocycles. The second kappa shape index (κ2) is 13.8. The number of hydrogen-bond acceptors (Lipinski definition) is 3. The predicted octanol–water partition coefficient (Wildman–Crippen LogP) is 14.3. The molecule has 4 heterocycles. The zero-order chi connectivity index (χ0) is 47.2. The van der Waals surface area contributed by atoms with Gasteiger partial charge in [0.25, 0.3) is 0 Å². The molecule has 2 aliphatic heterocycles. The summed E-state index contributed by atoms with van der Waals surface area (Å²) in [5.74, 6) is 0. The minimum atomic E-state index is -2.23. The first-order chi connectivity index (χ1) is 30.8. The van der Waals surface area contributed by atoms with E-state index >= 15 is 0 Å². The SMILES string of the molecule is [2H]C([2H])([2H])c1ccc(-n2c3c(c4cc(C(C)(C)C)ccc42)N(c2ccc(C(C)(C)C)cc2)c2cc(C)cc4c2B3c2oc3ccc(C(C)(C)C)cc3c2N4c2ccc(C(C)(C)C)cc2)cc1. The molecule has 4 nitrogen and oxygen atoms in total. The van der Waals surface area contributed by atoms with Gasteiger partial charge < -0.3 is 18.8 Å². The van der Waals surface area contributed by atoms with Crippen molar-refractivity contribution in [3.63, 3.8) is 0 Å². The molecule has 63 heavy (non-hydrogen) atoms. The number of aromatic nitrogens is 1. The van der Waals surface area contributed by atoms with Gasteiger partial charge in [0.1, 0.15) is 11.2 Å². The van der Waals surface area contributed by atoms with Crippen LogP contribution in [0.3, 0.4) is 0 Å². The van der Waals surface area contributed by atoms with Crippen LogP contribution in [0, 0.1) is 13.8 Å². The monoisotopic (exact) mass is 831 g/mol. The average Bonchev–Trinajstić information content (AvgIpc) is 3.78. The molecule has 0 fully saturated rings. The van der Waals surface area contributed by atoms with Crippen molar-refractivity contribution < 1.29 is 8.53 Å². The van der Waals surface area contributed by atoms with Gasteiger partial charge >= 0.3 is 6.71 Å². The first-order valence-corrected chi connectivity index (χ1v) is 22.6. The van der Waals surface area contributed by atoms with Gasteiger partial charge in [-0.15, -0.1) is 0 Å². The number of fused-ring (bicyclic) bond motifs is 8. The largest absolute Gasteiger partial charge is 0.468 e. The maximum atomic E-state index is 8.27. The molecule has 0 saturated heterocycles. The fourth-order valence-corrected chi connectivity index (χ4v) is 9.96. The Morgan fingerprint density at radius 3 is 1.44 bits per heavy atom. The number of hydrogen-bond donors (Lipinski definition) is 0. The van der Waals surface area contributed by atoms with Crippen LogP contribution in [0.4, 0.5) is 34.1 Å². The van der Waals surface area contributed by atoms with E-state index in [0.29, 0.717) is 5.56 Å². The quantitative estimate of drug-likeness (QED) is 0.166. The molecule has 0 aliphatic carbocycles. The highest BCUT2D eigenvalue weighted by Crippen LogP contribution is 2.50. The third-order valence-corrected chi connectivity index (χ3v) is 13.5. The van der Waals surface area contributed by atoms with Crippen LogP contribution in [0.15, 0.2) is 126 Å². The molecule has 318 valence electrons. The molecule has 0 unspecified atom stereocenters. The van der Waals surface area contributed by atoms with Gasteiger partial charge in [0.2, 0.25) is 0 Å². The van der Waals surface area contributed by atoms with E-state index in [0.717, 1.165) is 84.0 Å². The van der Waals surface area contributed by atoms with Gasteiger partial charge in [-0.1, -0.05) is 137 Å². The molecular formula is C58H62BN3O. The maximum Gasteiger partial charge on any atom is 0.318 e. The van der Waals surface area contributed by atoms with Gasteiger partial charge in [0.15, 0.2) is 0 Å². The van der Waals surface area contributed by atoms with Gasteiger partial charge in [-0.05, 0) is 142 Å². The minimum absolute atomic E-state index is 0.00939. The van der Waals surface area contributed by atoms with Crippen molar-refractivity contribution >= 4 is 79.4 Å². The number of rotatable bonds is 3. The molecule has 0 saturated carbocycles. The molecular weight excluding hydrogens is 765 g/mol. The van der Waals surface area contributed by atoms with Crippen molar-refractivity contribution in [2.45, 2.75) is 119 Å². The molecule has 0 atom stereocenters. The molecule has 0 radical (unpaired) electrons. The Morgan fingerprint density at radius 2 is 0.937 bits per heavy atom. The summed E-state index contributed by atoms with van der Waals surface area (Å²) in [6.45, 7) is 26.9. The van der Waals surface area contributed by atoms with E-state index in [1.807, 2.05) is 12.1 Å². The lowest BCUT2D eigenvalue weighted by Gasteiger charge is -2.42. The Balaban J connectivity index is 1.38. The van der Waals surface area contributed by atoms with Gasteiger partial charge in [-0.2, -0.15) is 0 Å². The van der Waals surface area contributed by atoms with Crippen LogP contribution < -0.4 is 26.5 Å². The first kappa shape index (κ1) is 37.6. The average molecular weight is 831 g/mol. The van der Waals surface area contributed by atoms with E-state index in [9.17, 15) is 0 Å². The summed E-state index contributed by atoms with van der Waals surface area (Å²) in [5.41, 5.74) is 18.7. The van der Waals surface area contributed by atoms with Crippen molar-refractivity contribution in [1.29, 1.82) is 0 Å². The van der Waals surface area contributed by atoms with Crippen LogP contribution in [0.1, 0.15) is 121 Å². The Kier molecular flexibility index (Phi) is 8.23. The highest BCUT2D eigenvalue weighted by atomic mass is 16.3. The number of aryl methyl sites for hydroxylation is 2. The van der Waals surface area contributed by atoms with E-state index in [1.165, 1.54) is 22.3 Å². The molecule has 0 bridgehead atoms. The van der Waals surface area contributed by atoms with E-state index in [4.69, 9.17) is 8.53 Å². The predicted molar refractivity (Wildman–Crippen MR) is 271 cm³/mol. The smallest absolute Gasteiger partial charge is 0.318 e. The van der Waals surface area contributed by atoms with Crippen molar-refractivity contribution in [3.8, 4) is 5.69 Å². The minimum Gasteiger partial charge on any atom is -0.468 e. The molecule has 0 N–H and O–H groups in total. The van der Waals surface area contributed by atoms with Crippen molar-refractivity contribution in [2.24, 2.45) is 0 Å². The normalized spacial score (nSPS) is 15.0. The summed E-state index contributed by atoms with van der Waals surface area (Å²) in [4.78, 5) is 4.96. The molecule has 10 rings (SSSR count). The number of anilines is 6. The first-order valence-electron chi connectivity index (χ1n) is 24.1. The van der Waals surface area contributed by atoms with Gasteiger partial charge in [0, 0.05) is 48.9 Å². The molecule has 2 aliphatic rings. The van der Waals surface area contributed by atoms with Crippen molar-refractivity contribution in [1.82, 2.24) is 4.57 Å². The van der Waals surface area contributed by atoms with Gasteiger partial charge in [0.05, 0.1) is 16.9 Å². The topological polar surface area (TPSA) is 24.6 Å². The summed E-state index contributed by atoms with van der Waals surface area (Å²) >= 11 is 0. The summed E-state index contributed by atoms with van der Waals surface area (Å²) in [6.07, 6.45) is 0. The summed E-state index contributed by atoms with van der Waals surface area (Å²) in [7, 11) is 0. The molecule has 0 amide bonds. The van der Waals surface area contributed by atoms with Crippen LogP contribution in [0.2, 0.25) is 0 Å². The Labute approximate surface area is 379 Å². The molecule has 6 aromatic carbocycles. The van der Waals surface area contributed by atoms with Crippen molar-refractivity contribution in [2.75, 3.05) is 9.80 Å². The Bertz CT molecular complexity index is 3200. The zero-order valence-corrected chi connectivity index (χ0v) is 39.4. The lowest BCUT2D eigenvalue weighted by atomic mass is 9.37. The van der Waals surface area contributed by atoms with Gasteiger partial charge in [-0.3, -0.25) is 0 Å². The zero-order valence-electron chi connectivity index (χ0n) is 42.4. The summed E-state index contributed by atoms with van der Waals surface area (Å²) in [5, 5.41) is 2.20. The Hall–Kier alpha value is -5.94. The second-order valence-electron chi connectivity index (χ2n) is 22.3. The van der Waals surface area contributed by atoms with Crippen LogP contribution >= 0.6 is 0 Å². The van der Waals surface area contributed by atoms with Crippen LogP contribution in [0.25, 0.3) is 27.6 Å². The standard InChI is InChI=1S/C58H62BN3O/c1-35-15-23-43(24-16-35)62-46-29-21-39(57(9,10)11)33-44(46)51-53(62)59-50-47(60(51)41-25-17-37(18-26-41)55(3,4)5)31-36(2)32-48(50)61(42-27-19-38(20-28-42)56(6,7)8)52-45-34-40(58(12,13)14)22-30-49(45)63-54(52)59/h15-34H,1-14H3/i1D3. The van der Waals surface area contributed by atoms with E-state index in [2.05, 4.69) is 201 Å². The van der Waals surface area contributed by atoms with Crippen molar-refractivity contribution in [3.05, 3.63) is 155 Å². The van der Waals surface area contributed by atoms with E-state index in [-0.39, 0.29) is 28.4 Å². The fourth-order valence-electron chi connectivity index (χ4n) is 9.96. The van der Waals surface area contributed by atoms with Gasteiger partial charge in [-0.25, -0.2) is 0 Å². The lowest BCUT2D eigenvalue weighted by molar-refractivity contribution is 0.590. The van der Waals surface area contributed by atoms with E-state index in [1.54, 1.807) is 12.1 Å². The molecule has 0 spiro atoms. The number of furan rings is 1. The molecule has 8 aromatic rings. The van der Waals surface area contributed by atoms with Crippen LogP contribution in [0.5, 0.6) is 0 Å².